The first-order valence-corrected chi connectivity index (χ1v) is 8.91. The molecule has 0 atom stereocenters. The molecular weight excluding hydrogens is 368 g/mol. The summed E-state index contributed by atoms with van der Waals surface area (Å²) in [4.78, 5) is 23.7. The SMILES string of the molecule is CC1=NCCn2c1cc1c2-c2cc(Cl)ccc2CC1.O=C(O)C=CC(=O)O. The second-order valence-electron chi connectivity index (χ2n) is 6.33. The van der Waals surface area contributed by atoms with Crippen molar-refractivity contribution < 1.29 is 19.8 Å². The number of aliphatic carboxylic acids is 2. The van der Waals surface area contributed by atoms with Crippen molar-refractivity contribution in [3.05, 3.63) is 58.3 Å². The van der Waals surface area contributed by atoms with Crippen molar-refractivity contribution in [1.82, 2.24) is 4.57 Å². The van der Waals surface area contributed by atoms with Gasteiger partial charge in [-0.2, -0.15) is 0 Å². The van der Waals surface area contributed by atoms with E-state index in [1.165, 1.54) is 28.1 Å². The molecule has 0 spiro atoms. The Labute approximate surface area is 161 Å². The zero-order valence-corrected chi connectivity index (χ0v) is 15.5. The molecule has 7 heteroatoms. The monoisotopic (exact) mass is 386 g/mol. The summed E-state index contributed by atoms with van der Waals surface area (Å²) in [7, 11) is 0. The first-order chi connectivity index (χ1) is 12.9. The van der Waals surface area contributed by atoms with Crippen molar-refractivity contribution in [2.45, 2.75) is 26.3 Å². The molecule has 2 heterocycles. The van der Waals surface area contributed by atoms with Gasteiger partial charge >= 0.3 is 11.9 Å². The Bertz CT molecular complexity index is 957. The maximum Gasteiger partial charge on any atom is 0.328 e. The highest BCUT2D eigenvalue weighted by Crippen LogP contribution is 2.38. The van der Waals surface area contributed by atoms with Crippen molar-refractivity contribution in [2.75, 3.05) is 6.54 Å². The van der Waals surface area contributed by atoms with Crippen LogP contribution in [0.2, 0.25) is 5.02 Å². The van der Waals surface area contributed by atoms with E-state index in [0.717, 1.165) is 36.7 Å². The molecule has 2 aliphatic rings. The van der Waals surface area contributed by atoms with Crippen LogP contribution in [0.15, 0.2) is 41.4 Å². The molecule has 6 nitrogen and oxygen atoms in total. The molecule has 4 rings (SSSR count). The number of fused-ring (bicyclic) bond motifs is 5. The number of carbonyl (C=O) groups is 2. The number of aryl methyl sites for hydroxylation is 2. The lowest BCUT2D eigenvalue weighted by Gasteiger charge is -2.22. The minimum absolute atomic E-state index is 0.558. The minimum Gasteiger partial charge on any atom is -0.478 e. The van der Waals surface area contributed by atoms with Crippen LogP contribution in [0, 0.1) is 0 Å². The third-order valence-corrected chi connectivity index (χ3v) is 4.81. The smallest absolute Gasteiger partial charge is 0.328 e. The van der Waals surface area contributed by atoms with Crippen molar-refractivity contribution in [3.63, 3.8) is 0 Å². The van der Waals surface area contributed by atoms with Gasteiger partial charge in [0, 0.05) is 29.3 Å². The molecule has 0 saturated heterocycles. The number of hydrogen-bond donors (Lipinski definition) is 2. The van der Waals surface area contributed by atoms with E-state index in [0.29, 0.717) is 12.2 Å². The zero-order chi connectivity index (χ0) is 19.6. The van der Waals surface area contributed by atoms with Crippen LogP contribution in [-0.4, -0.2) is 39.0 Å². The second-order valence-corrected chi connectivity index (χ2v) is 6.77. The predicted molar refractivity (Wildman–Crippen MR) is 104 cm³/mol. The third kappa shape index (κ3) is 4.11. The average molecular weight is 387 g/mol. The molecule has 1 aromatic heterocycles. The van der Waals surface area contributed by atoms with E-state index in [1.807, 2.05) is 6.07 Å². The fourth-order valence-corrected chi connectivity index (χ4v) is 3.62. The summed E-state index contributed by atoms with van der Waals surface area (Å²) in [5.41, 5.74) is 7.98. The number of nitrogens with zero attached hydrogens (tertiary/aromatic N) is 2. The molecular formula is C20H19ClN2O4. The lowest BCUT2D eigenvalue weighted by atomic mass is 9.90. The Kier molecular flexibility index (Phi) is 5.46. The molecule has 1 aliphatic carbocycles. The largest absolute Gasteiger partial charge is 0.478 e. The van der Waals surface area contributed by atoms with E-state index >= 15 is 0 Å². The lowest BCUT2D eigenvalue weighted by molar-refractivity contribution is -0.134. The van der Waals surface area contributed by atoms with Crippen LogP contribution in [-0.2, 0) is 29.0 Å². The second kappa shape index (κ2) is 7.80. The van der Waals surface area contributed by atoms with Crippen molar-refractivity contribution >= 4 is 29.3 Å². The van der Waals surface area contributed by atoms with Gasteiger partial charge in [0.2, 0.25) is 0 Å². The first-order valence-electron chi connectivity index (χ1n) is 8.53. The highest BCUT2D eigenvalue weighted by atomic mass is 35.5. The predicted octanol–water partition coefficient (Wildman–Crippen LogP) is 3.44. The normalized spacial score (nSPS) is 14.4. The molecule has 0 saturated carbocycles. The summed E-state index contributed by atoms with van der Waals surface area (Å²) >= 11 is 6.19. The van der Waals surface area contributed by atoms with Gasteiger partial charge in [-0.1, -0.05) is 17.7 Å². The summed E-state index contributed by atoms with van der Waals surface area (Å²) < 4.78 is 2.42. The number of aliphatic imine (C=N–C) groups is 1. The van der Waals surface area contributed by atoms with Gasteiger partial charge in [0.05, 0.1) is 23.6 Å². The van der Waals surface area contributed by atoms with E-state index < -0.39 is 11.9 Å². The lowest BCUT2D eigenvalue weighted by Crippen LogP contribution is -2.17. The van der Waals surface area contributed by atoms with E-state index in [1.54, 1.807) is 0 Å². The Morgan fingerprint density at radius 2 is 1.78 bits per heavy atom. The summed E-state index contributed by atoms with van der Waals surface area (Å²) in [5.74, 6) is -2.51. The first kappa shape index (κ1) is 18.9. The zero-order valence-electron chi connectivity index (χ0n) is 14.8. The molecule has 27 heavy (non-hydrogen) atoms. The summed E-state index contributed by atoms with van der Waals surface area (Å²) in [6.07, 6.45) is 3.35. The van der Waals surface area contributed by atoms with Gasteiger partial charge < -0.3 is 14.8 Å². The van der Waals surface area contributed by atoms with Crippen LogP contribution < -0.4 is 0 Å². The van der Waals surface area contributed by atoms with Crippen LogP contribution in [0.25, 0.3) is 11.3 Å². The number of benzene rings is 1. The van der Waals surface area contributed by atoms with Gasteiger partial charge in [-0.25, -0.2) is 9.59 Å². The van der Waals surface area contributed by atoms with Crippen LogP contribution in [0.5, 0.6) is 0 Å². The van der Waals surface area contributed by atoms with Crippen LogP contribution >= 0.6 is 11.6 Å². The highest BCUT2D eigenvalue weighted by Gasteiger charge is 2.25. The summed E-state index contributed by atoms with van der Waals surface area (Å²) in [5, 5.41) is 16.4. The van der Waals surface area contributed by atoms with E-state index in [2.05, 4.69) is 34.7 Å². The molecule has 0 fully saturated rings. The maximum atomic E-state index is 9.55. The van der Waals surface area contributed by atoms with Gasteiger partial charge in [-0.15, -0.1) is 0 Å². The number of carboxylic acid groups (broad SMARTS) is 2. The average Bonchev–Trinajstić information content (AvgIpc) is 3.01. The fraction of sp³-hybridized carbons (Fsp3) is 0.250. The molecule has 2 N–H and O–H groups in total. The molecule has 140 valence electrons. The van der Waals surface area contributed by atoms with Gasteiger partial charge in [0.15, 0.2) is 0 Å². The minimum atomic E-state index is -1.26. The summed E-state index contributed by atoms with van der Waals surface area (Å²) in [6.45, 7) is 3.97. The molecule has 0 amide bonds. The van der Waals surface area contributed by atoms with Gasteiger partial charge in [0.1, 0.15) is 0 Å². The van der Waals surface area contributed by atoms with Crippen LogP contribution in [0.3, 0.4) is 0 Å². The fourth-order valence-electron chi connectivity index (χ4n) is 3.44. The Hall–Kier alpha value is -2.86. The van der Waals surface area contributed by atoms with Gasteiger partial charge in [-0.05, 0) is 49.1 Å². The standard InChI is InChI=1S/C16H15ClN2.C4H4O4/c1-10-15-8-12-3-2-11-4-5-13(17)9-14(11)16(12)19(15)7-6-18-10;5-3(6)1-2-4(7)8/h4-5,8-9H,2-3,6-7H2,1H3;1-2H,(H,5,6)(H,7,8). The van der Waals surface area contributed by atoms with Gasteiger partial charge in [0.25, 0.3) is 0 Å². The van der Waals surface area contributed by atoms with Crippen molar-refractivity contribution in [3.8, 4) is 11.3 Å². The summed E-state index contributed by atoms with van der Waals surface area (Å²) in [6, 6.07) is 8.60. The number of aromatic nitrogens is 1. The van der Waals surface area contributed by atoms with E-state index in [4.69, 9.17) is 21.8 Å². The topological polar surface area (TPSA) is 91.9 Å². The quantitative estimate of drug-likeness (QED) is 0.773. The molecule has 0 radical (unpaired) electrons. The molecule has 1 aliphatic heterocycles. The number of hydrogen-bond acceptors (Lipinski definition) is 3. The number of rotatable bonds is 2. The van der Waals surface area contributed by atoms with Crippen LogP contribution in [0.4, 0.5) is 0 Å². The number of halogens is 1. The highest BCUT2D eigenvalue weighted by molar-refractivity contribution is 6.30. The maximum absolute atomic E-state index is 9.55. The Morgan fingerprint density at radius 1 is 1.11 bits per heavy atom. The van der Waals surface area contributed by atoms with Crippen molar-refractivity contribution in [1.29, 1.82) is 0 Å². The molecule has 0 bridgehead atoms. The molecule has 0 unspecified atom stereocenters. The van der Waals surface area contributed by atoms with Crippen molar-refractivity contribution in [2.24, 2.45) is 4.99 Å². The Morgan fingerprint density at radius 3 is 2.44 bits per heavy atom. The Balaban J connectivity index is 0.000000226. The van der Waals surface area contributed by atoms with E-state index in [-0.39, 0.29) is 0 Å². The van der Waals surface area contributed by atoms with Gasteiger partial charge in [-0.3, -0.25) is 4.99 Å². The number of carboxylic acids is 2. The molecule has 2 aromatic rings. The van der Waals surface area contributed by atoms with Crippen LogP contribution in [0.1, 0.15) is 23.7 Å². The third-order valence-electron chi connectivity index (χ3n) is 4.58. The van der Waals surface area contributed by atoms with E-state index in [9.17, 15) is 9.59 Å². The molecule has 1 aromatic carbocycles.